The average molecular weight is 431 g/mol. The molecule has 1 amide bonds. The summed E-state index contributed by atoms with van der Waals surface area (Å²) in [5.41, 5.74) is 0.790. The van der Waals surface area contributed by atoms with Crippen LogP contribution in [0.15, 0.2) is 58.7 Å². The normalized spacial score (nSPS) is 21.2. The van der Waals surface area contributed by atoms with E-state index in [0.717, 1.165) is 0 Å². The summed E-state index contributed by atoms with van der Waals surface area (Å²) < 4.78 is 37.9. The number of hydrogen-bond donors (Lipinski definition) is 0. The molecule has 1 saturated heterocycles. The number of fused-ring (bicyclic) bond motifs is 1. The van der Waals surface area contributed by atoms with E-state index in [2.05, 4.69) is 4.40 Å². The van der Waals surface area contributed by atoms with Gasteiger partial charge in [0.1, 0.15) is 5.84 Å². The summed E-state index contributed by atoms with van der Waals surface area (Å²) in [5.74, 6) is -0.855. The Labute approximate surface area is 174 Å². The van der Waals surface area contributed by atoms with E-state index in [-0.39, 0.29) is 29.6 Å². The van der Waals surface area contributed by atoms with Gasteiger partial charge in [-0.05, 0) is 12.2 Å². The molecule has 1 aromatic carbocycles. The molecule has 3 aliphatic rings. The molecule has 0 aliphatic carbocycles. The second-order valence-electron chi connectivity index (χ2n) is 6.98. The van der Waals surface area contributed by atoms with Crippen LogP contribution in [-0.2, 0) is 29.1 Å². The van der Waals surface area contributed by atoms with Gasteiger partial charge in [-0.25, -0.2) is 13.2 Å². The number of carbonyl (C=O) groups excluding carboxylic acids is 2. The Morgan fingerprint density at radius 2 is 1.80 bits per heavy atom. The van der Waals surface area contributed by atoms with E-state index in [1.54, 1.807) is 34.1 Å². The third kappa shape index (κ3) is 4.44. The maximum atomic E-state index is 13.1. The highest BCUT2D eigenvalue weighted by Gasteiger charge is 2.32. The molecule has 1 unspecified atom stereocenters. The van der Waals surface area contributed by atoms with E-state index in [1.165, 1.54) is 18.4 Å². The van der Waals surface area contributed by atoms with E-state index in [1.807, 2.05) is 6.07 Å². The first-order chi connectivity index (χ1) is 14.4. The number of rotatable bonds is 4. The van der Waals surface area contributed by atoms with E-state index in [0.29, 0.717) is 31.9 Å². The molecule has 0 N–H and O–H groups in total. The van der Waals surface area contributed by atoms with Gasteiger partial charge >= 0.3 is 5.97 Å². The number of benzene rings is 1. The molecular formula is C20H21N3O6S. The first-order valence-corrected chi connectivity index (χ1v) is 11.2. The zero-order valence-electron chi connectivity index (χ0n) is 16.1. The molecule has 0 bridgehead atoms. The van der Waals surface area contributed by atoms with E-state index < -0.39 is 22.1 Å². The third-order valence-electron chi connectivity index (χ3n) is 4.93. The van der Waals surface area contributed by atoms with Gasteiger partial charge in [0.25, 0.3) is 15.9 Å². The topological polar surface area (TPSA) is 106 Å². The van der Waals surface area contributed by atoms with Gasteiger partial charge in [0, 0.05) is 31.4 Å². The Hall–Kier alpha value is -2.98. The van der Waals surface area contributed by atoms with Crippen LogP contribution in [0.5, 0.6) is 0 Å². The molecule has 3 heterocycles. The summed E-state index contributed by atoms with van der Waals surface area (Å²) >= 11 is 0. The number of nitrogens with zero attached hydrogens (tertiary/aromatic N) is 3. The minimum Gasteiger partial charge on any atom is -0.444 e. The minimum absolute atomic E-state index is 0.134. The van der Waals surface area contributed by atoms with Crippen molar-refractivity contribution in [3.8, 4) is 0 Å². The van der Waals surface area contributed by atoms with Gasteiger partial charge in [-0.1, -0.05) is 30.3 Å². The average Bonchev–Trinajstić information content (AvgIpc) is 2.77. The van der Waals surface area contributed by atoms with Crippen LogP contribution < -0.4 is 0 Å². The van der Waals surface area contributed by atoms with E-state index in [9.17, 15) is 18.0 Å². The van der Waals surface area contributed by atoms with Crippen molar-refractivity contribution in [2.45, 2.75) is 6.10 Å². The Bertz CT molecular complexity index is 1030. The summed E-state index contributed by atoms with van der Waals surface area (Å²) in [6.07, 6.45) is 3.31. The molecule has 1 aromatic rings. The number of amidine groups is 1. The van der Waals surface area contributed by atoms with Gasteiger partial charge < -0.3 is 19.3 Å². The standard InChI is InChI=1S/C20H21N3O6S/c24-19(22-8-11-28-12-9-22)18(15-4-2-1-3-5-15)29-20(25)16-6-7-17-21-30(26,27)13-10-23(17)14-16/h1-7,14,18H,8-13H2. The van der Waals surface area contributed by atoms with E-state index in [4.69, 9.17) is 9.47 Å². The molecule has 10 heteroatoms. The number of amides is 1. The van der Waals surface area contributed by atoms with Crippen LogP contribution >= 0.6 is 0 Å². The maximum Gasteiger partial charge on any atom is 0.340 e. The molecule has 4 rings (SSSR count). The van der Waals surface area contributed by atoms with Gasteiger partial charge in [0.05, 0.1) is 24.5 Å². The Morgan fingerprint density at radius 3 is 2.53 bits per heavy atom. The van der Waals surface area contributed by atoms with Crippen LogP contribution in [0.1, 0.15) is 11.7 Å². The predicted molar refractivity (Wildman–Crippen MR) is 108 cm³/mol. The summed E-state index contributed by atoms with van der Waals surface area (Å²) in [4.78, 5) is 29.1. The van der Waals surface area contributed by atoms with Crippen molar-refractivity contribution in [2.75, 3.05) is 38.6 Å². The number of morpholine rings is 1. The van der Waals surface area contributed by atoms with Gasteiger partial charge in [-0.2, -0.15) is 0 Å². The lowest BCUT2D eigenvalue weighted by atomic mass is 10.1. The van der Waals surface area contributed by atoms with Crippen molar-refractivity contribution in [3.05, 3.63) is 59.8 Å². The second kappa shape index (κ2) is 8.41. The van der Waals surface area contributed by atoms with Crippen molar-refractivity contribution in [1.29, 1.82) is 0 Å². The zero-order chi connectivity index (χ0) is 21.1. The number of carbonyl (C=O) groups is 2. The van der Waals surface area contributed by atoms with Crippen molar-refractivity contribution < 1.29 is 27.5 Å². The molecule has 0 aromatic heterocycles. The van der Waals surface area contributed by atoms with Crippen molar-refractivity contribution >= 4 is 27.7 Å². The van der Waals surface area contributed by atoms with Crippen molar-refractivity contribution in [1.82, 2.24) is 9.80 Å². The minimum atomic E-state index is -3.48. The van der Waals surface area contributed by atoms with Crippen molar-refractivity contribution in [3.63, 3.8) is 0 Å². The fraction of sp³-hybridized carbons (Fsp3) is 0.350. The number of ether oxygens (including phenoxy) is 2. The van der Waals surface area contributed by atoms with Crippen LogP contribution in [0.2, 0.25) is 0 Å². The predicted octanol–water partition coefficient (Wildman–Crippen LogP) is 0.627. The highest BCUT2D eigenvalue weighted by atomic mass is 32.2. The molecule has 0 saturated carbocycles. The fourth-order valence-corrected chi connectivity index (χ4v) is 4.30. The zero-order valence-corrected chi connectivity index (χ0v) is 17.0. The SMILES string of the molecule is O=C(OC(C(=O)N1CCOCC1)c1ccccc1)C1=CN2CCS(=O)(=O)N=C2C=C1. The maximum absolute atomic E-state index is 13.1. The number of hydrogen-bond acceptors (Lipinski definition) is 7. The summed E-state index contributed by atoms with van der Waals surface area (Å²) in [6.45, 7) is 1.94. The van der Waals surface area contributed by atoms with Crippen LogP contribution in [0.25, 0.3) is 0 Å². The molecule has 1 fully saturated rings. The highest BCUT2D eigenvalue weighted by molar-refractivity contribution is 7.90. The van der Waals surface area contributed by atoms with Crippen LogP contribution in [-0.4, -0.2) is 74.5 Å². The van der Waals surface area contributed by atoms with Crippen LogP contribution in [0, 0.1) is 0 Å². The Morgan fingerprint density at radius 1 is 1.07 bits per heavy atom. The molecule has 158 valence electrons. The summed E-state index contributed by atoms with van der Waals surface area (Å²) in [7, 11) is -3.48. The fourth-order valence-electron chi connectivity index (χ4n) is 3.34. The molecule has 0 spiro atoms. The largest absolute Gasteiger partial charge is 0.444 e. The van der Waals surface area contributed by atoms with E-state index >= 15 is 0 Å². The smallest absolute Gasteiger partial charge is 0.340 e. The van der Waals surface area contributed by atoms with Crippen molar-refractivity contribution in [2.24, 2.45) is 4.40 Å². The lowest BCUT2D eigenvalue weighted by molar-refractivity contribution is -0.159. The van der Waals surface area contributed by atoms with Gasteiger partial charge in [-0.15, -0.1) is 4.40 Å². The monoisotopic (exact) mass is 431 g/mol. The third-order valence-corrected chi connectivity index (χ3v) is 6.10. The van der Waals surface area contributed by atoms with Crippen LogP contribution in [0.4, 0.5) is 0 Å². The number of esters is 1. The lowest BCUT2D eigenvalue weighted by Crippen LogP contribution is -2.44. The Kier molecular flexibility index (Phi) is 5.69. The van der Waals surface area contributed by atoms with Gasteiger partial charge in [0.15, 0.2) is 0 Å². The molecule has 3 aliphatic heterocycles. The molecule has 1 atom stereocenters. The molecule has 9 nitrogen and oxygen atoms in total. The second-order valence-corrected chi connectivity index (χ2v) is 8.74. The lowest BCUT2D eigenvalue weighted by Gasteiger charge is -2.31. The quantitative estimate of drug-likeness (QED) is 0.644. The highest BCUT2D eigenvalue weighted by Crippen LogP contribution is 2.24. The Balaban J connectivity index is 1.54. The summed E-state index contributed by atoms with van der Waals surface area (Å²) in [6, 6.07) is 8.85. The molecule has 30 heavy (non-hydrogen) atoms. The van der Waals surface area contributed by atoms with Crippen LogP contribution in [0.3, 0.4) is 0 Å². The van der Waals surface area contributed by atoms with Gasteiger partial charge in [-0.3, -0.25) is 4.79 Å². The number of sulfonamides is 1. The van der Waals surface area contributed by atoms with Gasteiger partial charge in [0.2, 0.25) is 6.10 Å². The molecular weight excluding hydrogens is 410 g/mol. The first kappa shape index (κ1) is 20.3. The molecule has 0 radical (unpaired) electrons. The summed E-state index contributed by atoms with van der Waals surface area (Å²) in [5, 5.41) is 0. The first-order valence-electron chi connectivity index (χ1n) is 9.55.